The first-order chi connectivity index (χ1) is 15.2. The third-order valence-electron chi connectivity index (χ3n) is 4.29. The molecule has 0 radical (unpaired) electrons. The zero-order valence-electron chi connectivity index (χ0n) is 18.1. The quantitative estimate of drug-likeness (QED) is 0.208. The van der Waals surface area contributed by atoms with Crippen LogP contribution in [0.5, 0.6) is 0 Å². The van der Waals surface area contributed by atoms with Crippen LogP contribution in [0.2, 0.25) is 0 Å². The Morgan fingerprint density at radius 1 is 1.09 bits per heavy atom. The van der Waals surface area contributed by atoms with E-state index in [0.717, 1.165) is 5.56 Å². The zero-order valence-corrected chi connectivity index (χ0v) is 18.1. The second-order valence-corrected chi connectivity index (χ2v) is 7.42. The number of benzene rings is 1. The molecule has 0 unspecified atom stereocenters. The number of nitrogens with one attached hydrogen (secondary N) is 3. The number of allylic oxidation sites excluding steroid dienone is 1. The highest BCUT2D eigenvalue weighted by Gasteiger charge is 2.24. The second-order valence-electron chi connectivity index (χ2n) is 7.42. The summed E-state index contributed by atoms with van der Waals surface area (Å²) in [6.45, 7) is 3.38. The minimum atomic E-state index is -1.03. The predicted molar refractivity (Wildman–Crippen MR) is 120 cm³/mol. The topological polar surface area (TPSA) is 147 Å². The summed E-state index contributed by atoms with van der Waals surface area (Å²) in [7, 11) is 0. The number of rotatable bonds is 12. The summed E-state index contributed by atoms with van der Waals surface area (Å²) in [5.41, 5.74) is 6.25. The molecule has 170 valence electrons. The van der Waals surface area contributed by atoms with Gasteiger partial charge in [0.25, 0.3) is 5.91 Å². The van der Waals surface area contributed by atoms with E-state index in [-0.39, 0.29) is 12.3 Å². The van der Waals surface area contributed by atoms with E-state index >= 15 is 0 Å². The third kappa shape index (κ3) is 9.26. The van der Waals surface area contributed by atoms with Crippen LogP contribution in [0, 0.1) is 18.3 Å². The van der Waals surface area contributed by atoms with Gasteiger partial charge in [-0.1, -0.05) is 32.1 Å². The van der Waals surface area contributed by atoms with Crippen LogP contribution in [0.15, 0.2) is 30.3 Å². The number of terminal acetylenes is 1. The molecule has 0 heterocycles. The number of hydrogen-bond donors (Lipinski definition) is 4. The van der Waals surface area contributed by atoms with Crippen LogP contribution >= 0.6 is 0 Å². The predicted octanol–water partition coefficient (Wildman–Crippen LogP) is 0.153. The van der Waals surface area contributed by atoms with Gasteiger partial charge in [-0.25, -0.2) is 0 Å². The third-order valence-corrected chi connectivity index (χ3v) is 4.29. The van der Waals surface area contributed by atoms with Gasteiger partial charge in [-0.15, -0.1) is 12.3 Å². The molecule has 0 saturated carbocycles. The van der Waals surface area contributed by atoms with Crippen molar-refractivity contribution in [1.29, 1.82) is 0 Å². The van der Waals surface area contributed by atoms with Gasteiger partial charge in [0.05, 0.1) is 6.54 Å². The summed E-state index contributed by atoms with van der Waals surface area (Å²) >= 11 is 0. The van der Waals surface area contributed by atoms with Gasteiger partial charge in [-0.3, -0.25) is 24.0 Å². The van der Waals surface area contributed by atoms with Crippen LogP contribution in [0.4, 0.5) is 0 Å². The molecular weight excluding hydrogens is 412 g/mol. The van der Waals surface area contributed by atoms with Gasteiger partial charge in [0.15, 0.2) is 0 Å². The van der Waals surface area contributed by atoms with Gasteiger partial charge in [0.1, 0.15) is 18.4 Å². The standard InChI is InChI=1S/C23H28N4O5/c1-4-6-18(21(24)30)26-20(29)14-25-23(32)19(13-15(2)3)27-22(31)17-10-8-16(9-11-17)7-5-12-28/h1,5,7-12,15,18-19H,6,13-14H2,2-3H3,(H2,24,30)(H,25,32)(H,26,29)(H,27,31)/b7-5+/t18-,19-/m0/s1. The van der Waals surface area contributed by atoms with Crippen molar-refractivity contribution in [3.63, 3.8) is 0 Å². The Balaban J connectivity index is 2.75. The number of carbonyl (C=O) groups excluding carboxylic acids is 5. The summed E-state index contributed by atoms with van der Waals surface area (Å²) in [4.78, 5) is 58.9. The maximum absolute atomic E-state index is 12.6. The molecule has 0 aliphatic carbocycles. The normalized spacial score (nSPS) is 12.4. The fourth-order valence-corrected chi connectivity index (χ4v) is 2.72. The van der Waals surface area contributed by atoms with Crippen molar-refractivity contribution in [2.75, 3.05) is 6.54 Å². The molecule has 2 atom stereocenters. The van der Waals surface area contributed by atoms with E-state index in [1.165, 1.54) is 6.08 Å². The lowest BCUT2D eigenvalue weighted by molar-refractivity contribution is -0.129. The minimum Gasteiger partial charge on any atom is -0.368 e. The molecule has 0 aliphatic heterocycles. The molecule has 0 spiro atoms. The maximum atomic E-state index is 12.6. The molecule has 0 fully saturated rings. The molecule has 9 nitrogen and oxygen atoms in total. The summed E-state index contributed by atoms with van der Waals surface area (Å²) in [5, 5.41) is 7.48. The SMILES string of the molecule is C#CC[C@H](NC(=O)CNC(=O)[C@H](CC(C)C)NC(=O)c1ccc(/C=C/C=O)cc1)C(N)=O. The maximum Gasteiger partial charge on any atom is 0.251 e. The summed E-state index contributed by atoms with van der Waals surface area (Å²) in [5.74, 6) is -0.0782. The Morgan fingerprint density at radius 3 is 2.28 bits per heavy atom. The van der Waals surface area contributed by atoms with Gasteiger partial charge >= 0.3 is 0 Å². The molecule has 1 aromatic carbocycles. The van der Waals surface area contributed by atoms with Crippen molar-refractivity contribution >= 4 is 36.0 Å². The summed E-state index contributed by atoms with van der Waals surface area (Å²) in [6.07, 6.45) is 9.01. The van der Waals surface area contributed by atoms with Crippen LogP contribution in [0.1, 0.15) is 42.6 Å². The molecule has 0 aromatic heterocycles. The molecule has 0 bridgehead atoms. The van der Waals surface area contributed by atoms with Gasteiger partial charge in [0, 0.05) is 12.0 Å². The molecule has 4 amide bonds. The number of aldehydes is 1. The minimum absolute atomic E-state index is 0.0647. The Morgan fingerprint density at radius 2 is 1.75 bits per heavy atom. The molecule has 32 heavy (non-hydrogen) atoms. The first kappa shape index (κ1) is 26.1. The van der Waals surface area contributed by atoms with E-state index in [2.05, 4.69) is 21.9 Å². The highest BCUT2D eigenvalue weighted by atomic mass is 16.2. The lowest BCUT2D eigenvalue weighted by Crippen LogP contribution is -2.51. The van der Waals surface area contributed by atoms with Gasteiger partial charge < -0.3 is 21.7 Å². The summed E-state index contributed by atoms with van der Waals surface area (Å²) in [6, 6.07) is 4.59. The largest absolute Gasteiger partial charge is 0.368 e. The fourth-order valence-electron chi connectivity index (χ4n) is 2.72. The van der Waals surface area contributed by atoms with Gasteiger partial charge in [-0.2, -0.15) is 0 Å². The molecule has 0 saturated heterocycles. The fraction of sp³-hybridized carbons (Fsp3) is 0.348. The van der Waals surface area contributed by atoms with Gasteiger partial charge in [-0.05, 0) is 36.1 Å². The Hall–Kier alpha value is -3.93. The molecule has 1 rings (SSSR count). The molecule has 5 N–H and O–H groups in total. The van der Waals surface area contributed by atoms with E-state index < -0.39 is 42.3 Å². The van der Waals surface area contributed by atoms with Gasteiger partial charge in [0.2, 0.25) is 17.7 Å². The first-order valence-electron chi connectivity index (χ1n) is 10.0. The average Bonchev–Trinajstić information content (AvgIpc) is 2.75. The van der Waals surface area contributed by atoms with Crippen molar-refractivity contribution < 1.29 is 24.0 Å². The lowest BCUT2D eigenvalue weighted by Gasteiger charge is -2.20. The number of nitrogens with two attached hydrogens (primary N) is 1. The van der Waals surface area contributed by atoms with Crippen molar-refractivity contribution in [2.45, 2.75) is 38.8 Å². The van der Waals surface area contributed by atoms with E-state index in [9.17, 15) is 24.0 Å². The Labute approximate surface area is 187 Å². The monoisotopic (exact) mass is 440 g/mol. The van der Waals surface area contributed by atoms with E-state index in [4.69, 9.17) is 12.2 Å². The Kier molecular flexibility index (Phi) is 10.9. The van der Waals surface area contributed by atoms with E-state index in [1.807, 2.05) is 13.8 Å². The molecular formula is C23H28N4O5. The molecule has 9 heteroatoms. The van der Waals surface area contributed by atoms with Crippen molar-refractivity contribution in [3.05, 3.63) is 41.5 Å². The molecule has 1 aromatic rings. The van der Waals surface area contributed by atoms with E-state index in [0.29, 0.717) is 18.3 Å². The van der Waals surface area contributed by atoms with Crippen LogP contribution < -0.4 is 21.7 Å². The first-order valence-corrected chi connectivity index (χ1v) is 10.0. The molecule has 0 aliphatic rings. The summed E-state index contributed by atoms with van der Waals surface area (Å²) < 4.78 is 0. The van der Waals surface area contributed by atoms with Crippen molar-refractivity contribution in [2.24, 2.45) is 11.7 Å². The van der Waals surface area contributed by atoms with Crippen LogP contribution in [0.3, 0.4) is 0 Å². The van der Waals surface area contributed by atoms with Crippen LogP contribution in [0.25, 0.3) is 6.08 Å². The van der Waals surface area contributed by atoms with Crippen molar-refractivity contribution in [1.82, 2.24) is 16.0 Å². The van der Waals surface area contributed by atoms with Crippen LogP contribution in [-0.2, 0) is 19.2 Å². The lowest BCUT2D eigenvalue weighted by atomic mass is 10.0. The average molecular weight is 441 g/mol. The highest BCUT2D eigenvalue weighted by molar-refractivity contribution is 5.98. The van der Waals surface area contributed by atoms with Crippen LogP contribution in [-0.4, -0.2) is 48.5 Å². The Bertz CT molecular complexity index is 900. The number of amides is 4. The smallest absolute Gasteiger partial charge is 0.251 e. The van der Waals surface area contributed by atoms with Crippen molar-refractivity contribution in [3.8, 4) is 12.3 Å². The highest BCUT2D eigenvalue weighted by Crippen LogP contribution is 2.09. The number of primary amides is 1. The number of carbonyl (C=O) groups is 5. The second kappa shape index (κ2) is 13.4. The zero-order chi connectivity index (χ0) is 24.1. The number of hydrogen-bond acceptors (Lipinski definition) is 5. The van der Waals surface area contributed by atoms with E-state index in [1.54, 1.807) is 30.3 Å².